The van der Waals surface area contributed by atoms with Crippen LogP contribution in [0.5, 0.6) is 0 Å². The number of benzene rings is 1. The molecule has 1 atom stereocenters. The summed E-state index contributed by atoms with van der Waals surface area (Å²) in [6.45, 7) is 1.44. The third-order valence-corrected chi connectivity index (χ3v) is 2.87. The van der Waals surface area contributed by atoms with Gasteiger partial charge >= 0.3 is 5.97 Å². The highest BCUT2D eigenvalue weighted by Gasteiger charge is 2.41. The third-order valence-electron chi connectivity index (χ3n) is 2.87. The molecule has 0 radical (unpaired) electrons. The van der Waals surface area contributed by atoms with Crippen LogP contribution in [-0.4, -0.2) is 35.8 Å². The largest absolute Gasteiger partial charge is 0.467 e. The summed E-state index contributed by atoms with van der Waals surface area (Å²) in [4.78, 5) is 36.4. The highest BCUT2D eigenvalue weighted by atomic mass is 16.5. The molecule has 1 heterocycles. The van der Waals surface area contributed by atoms with Crippen LogP contribution in [0.15, 0.2) is 18.2 Å². The fourth-order valence-corrected chi connectivity index (χ4v) is 1.90. The second-order valence-electron chi connectivity index (χ2n) is 3.98. The number of fused-ring (bicyclic) bond motifs is 1. The van der Waals surface area contributed by atoms with Gasteiger partial charge in [0.05, 0.1) is 18.2 Å². The number of nitrogen functional groups attached to an aromatic ring is 1. The number of rotatable bonds is 2. The number of hydrogen-bond donors (Lipinski definition) is 1. The van der Waals surface area contributed by atoms with Gasteiger partial charge in [-0.3, -0.25) is 14.5 Å². The minimum Gasteiger partial charge on any atom is -0.467 e. The smallest absolute Gasteiger partial charge is 0.328 e. The summed E-state index contributed by atoms with van der Waals surface area (Å²) >= 11 is 0. The topological polar surface area (TPSA) is 89.7 Å². The molecule has 2 N–H and O–H groups in total. The summed E-state index contributed by atoms with van der Waals surface area (Å²) < 4.78 is 4.53. The van der Waals surface area contributed by atoms with Crippen molar-refractivity contribution in [3.8, 4) is 0 Å². The molecule has 6 nitrogen and oxygen atoms in total. The van der Waals surface area contributed by atoms with E-state index in [9.17, 15) is 14.4 Å². The van der Waals surface area contributed by atoms with E-state index in [-0.39, 0.29) is 11.1 Å². The van der Waals surface area contributed by atoms with Crippen molar-refractivity contribution >= 4 is 23.5 Å². The van der Waals surface area contributed by atoms with Crippen molar-refractivity contribution in [1.29, 1.82) is 0 Å². The maximum Gasteiger partial charge on any atom is 0.328 e. The molecule has 0 aromatic heterocycles. The van der Waals surface area contributed by atoms with Gasteiger partial charge < -0.3 is 10.5 Å². The van der Waals surface area contributed by atoms with Gasteiger partial charge in [-0.2, -0.15) is 0 Å². The number of amides is 2. The lowest BCUT2D eigenvalue weighted by Crippen LogP contribution is -2.43. The first-order valence-corrected chi connectivity index (χ1v) is 5.32. The lowest BCUT2D eigenvalue weighted by molar-refractivity contribution is -0.144. The molecule has 1 aliphatic rings. The fourth-order valence-electron chi connectivity index (χ4n) is 1.90. The number of anilines is 1. The Labute approximate surface area is 103 Å². The number of carbonyl (C=O) groups excluding carboxylic acids is 3. The Balaban J connectivity index is 2.43. The molecule has 2 rings (SSSR count). The van der Waals surface area contributed by atoms with Crippen LogP contribution in [0.4, 0.5) is 5.69 Å². The molecule has 0 saturated carbocycles. The molecule has 94 valence electrons. The fraction of sp³-hybridized carbons (Fsp3) is 0.250. The maximum atomic E-state index is 12.1. The first-order chi connectivity index (χ1) is 8.47. The molecule has 1 aromatic rings. The lowest BCUT2D eigenvalue weighted by atomic mass is 10.1. The average molecular weight is 248 g/mol. The Morgan fingerprint density at radius 2 is 1.89 bits per heavy atom. The van der Waals surface area contributed by atoms with Crippen molar-refractivity contribution in [2.75, 3.05) is 12.8 Å². The Bertz CT molecular complexity index is 553. The Morgan fingerprint density at radius 3 is 2.50 bits per heavy atom. The number of nitrogens with two attached hydrogens (primary N) is 1. The van der Waals surface area contributed by atoms with E-state index in [1.807, 2.05) is 0 Å². The summed E-state index contributed by atoms with van der Waals surface area (Å²) in [5, 5.41) is 0. The zero-order chi connectivity index (χ0) is 13.4. The quantitative estimate of drug-likeness (QED) is 0.465. The van der Waals surface area contributed by atoms with Crippen molar-refractivity contribution < 1.29 is 19.1 Å². The summed E-state index contributed by atoms with van der Waals surface area (Å²) in [5.74, 6) is -1.68. The van der Waals surface area contributed by atoms with Crippen LogP contribution in [0.2, 0.25) is 0 Å². The summed E-state index contributed by atoms with van der Waals surface area (Å²) in [6, 6.07) is 3.49. The van der Waals surface area contributed by atoms with Gasteiger partial charge in [0, 0.05) is 5.69 Å². The number of methoxy groups -OCH3 is 1. The lowest BCUT2D eigenvalue weighted by Gasteiger charge is -2.19. The number of carbonyl (C=O) groups is 3. The van der Waals surface area contributed by atoms with Crippen molar-refractivity contribution in [2.45, 2.75) is 13.0 Å². The maximum absolute atomic E-state index is 12.1. The van der Waals surface area contributed by atoms with Gasteiger partial charge in [0.2, 0.25) is 0 Å². The molecule has 2 amide bonds. The zero-order valence-corrected chi connectivity index (χ0v) is 9.97. The van der Waals surface area contributed by atoms with E-state index in [4.69, 9.17) is 5.73 Å². The number of imide groups is 1. The van der Waals surface area contributed by atoms with E-state index in [2.05, 4.69) is 4.74 Å². The highest BCUT2D eigenvalue weighted by molar-refractivity contribution is 6.23. The number of nitrogens with zero attached hydrogens (tertiary/aromatic N) is 1. The van der Waals surface area contributed by atoms with Crippen LogP contribution in [0.3, 0.4) is 0 Å². The van der Waals surface area contributed by atoms with Gasteiger partial charge in [0.15, 0.2) is 0 Å². The van der Waals surface area contributed by atoms with E-state index in [0.29, 0.717) is 5.69 Å². The SMILES string of the molecule is COC(=O)C(C)N1C(=O)c2ccc(N)cc2C1=O. The van der Waals surface area contributed by atoms with Crippen LogP contribution >= 0.6 is 0 Å². The number of esters is 1. The van der Waals surface area contributed by atoms with E-state index >= 15 is 0 Å². The molecule has 1 aromatic carbocycles. The zero-order valence-electron chi connectivity index (χ0n) is 9.97. The Hall–Kier alpha value is -2.37. The predicted molar refractivity (Wildman–Crippen MR) is 62.8 cm³/mol. The standard InChI is InChI=1S/C12H12N2O4/c1-6(12(17)18-2)14-10(15)8-4-3-7(13)5-9(8)11(14)16/h3-6H,13H2,1-2H3. The minimum absolute atomic E-state index is 0.218. The van der Waals surface area contributed by atoms with Crippen LogP contribution < -0.4 is 5.73 Å². The van der Waals surface area contributed by atoms with Crippen molar-refractivity contribution in [3.63, 3.8) is 0 Å². The molecule has 18 heavy (non-hydrogen) atoms. The second-order valence-corrected chi connectivity index (χ2v) is 3.98. The first kappa shape index (κ1) is 12.1. The highest BCUT2D eigenvalue weighted by Crippen LogP contribution is 2.26. The summed E-state index contributed by atoms with van der Waals surface area (Å²) in [7, 11) is 1.20. The van der Waals surface area contributed by atoms with E-state index in [1.165, 1.54) is 32.2 Å². The van der Waals surface area contributed by atoms with Gasteiger partial charge in [0.1, 0.15) is 6.04 Å². The average Bonchev–Trinajstić information content (AvgIpc) is 2.60. The van der Waals surface area contributed by atoms with Crippen LogP contribution in [0, 0.1) is 0 Å². The van der Waals surface area contributed by atoms with E-state index in [0.717, 1.165) is 4.90 Å². The Kier molecular flexibility index (Phi) is 2.78. The normalized spacial score (nSPS) is 15.6. The summed E-state index contributed by atoms with van der Waals surface area (Å²) in [6.07, 6.45) is 0. The first-order valence-electron chi connectivity index (χ1n) is 5.32. The van der Waals surface area contributed by atoms with E-state index < -0.39 is 23.8 Å². The van der Waals surface area contributed by atoms with Gasteiger partial charge in [-0.1, -0.05) is 0 Å². The predicted octanol–water partition coefficient (Wildman–Crippen LogP) is 0.426. The number of ether oxygens (including phenoxy) is 1. The van der Waals surface area contributed by atoms with Crippen molar-refractivity contribution in [1.82, 2.24) is 4.90 Å². The van der Waals surface area contributed by atoms with Crippen LogP contribution in [-0.2, 0) is 9.53 Å². The Morgan fingerprint density at radius 1 is 1.28 bits per heavy atom. The minimum atomic E-state index is -0.955. The van der Waals surface area contributed by atoms with Crippen molar-refractivity contribution in [3.05, 3.63) is 29.3 Å². The van der Waals surface area contributed by atoms with Crippen LogP contribution in [0.25, 0.3) is 0 Å². The van der Waals surface area contributed by atoms with E-state index in [1.54, 1.807) is 0 Å². The van der Waals surface area contributed by atoms with Gasteiger partial charge in [-0.15, -0.1) is 0 Å². The molecule has 0 saturated heterocycles. The molecule has 6 heteroatoms. The monoisotopic (exact) mass is 248 g/mol. The molecule has 0 aliphatic carbocycles. The molecule has 1 aliphatic heterocycles. The summed E-state index contributed by atoms with van der Waals surface area (Å²) in [5.41, 5.74) is 6.44. The van der Waals surface area contributed by atoms with Crippen molar-refractivity contribution in [2.24, 2.45) is 0 Å². The molecule has 1 unspecified atom stereocenters. The molecule has 0 fully saturated rings. The third kappa shape index (κ3) is 1.62. The number of hydrogen-bond acceptors (Lipinski definition) is 5. The van der Waals surface area contributed by atoms with Gasteiger partial charge in [-0.25, -0.2) is 4.79 Å². The molecule has 0 bridgehead atoms. The second kappa shape index (κ2) is 4.14. The molecule has 0 spiro atoms. The molecular weight excluding hydrogens is 236 g/mol. The van der Waals surface area contributed by atoms with Crippen LogP contribution in [0.1, 0.15) is 27.6 Å². The molecular formula is C12H12N2O4. The van der Waals surface area contributed by atoms with Gasteiger partial charge in [0.25, 0.3) is 11.8 Å². The van der Waals surface area contributed by atoms with Gasteiger partial charge in [-0.05, 0) is 25.1 Å².